The molecule has 2 aromatic carbocycles. The first-order valence-corrected chi connectivity index (χ1v) is 26.8. The molecule has 2 aliphatic rings. The van der Waals surface area contributed by atoms with Crippen LogP contribution in [0.4, 0.5) is 11.4 Å². The van der Waals surface area contributed by atoms with Crippen molar-refractivity contribution in [1.29, 1.82) is 0 Å². The highest BCUT2D eigenvalue weighted by Gasteiger charge is 2.48. The molecular formula is C50H75N2O17S2+. The number of hydrogen-bond acceptors (Lipinski definition) is 15. The minimum atomic E-state index is -4.54. The van der Waals surface area contributed by atoms with Gasteiger partial charge in [-0.3, -0.25) is 13.9 Å². The highest BCUT2D eigenvalue weighted by molar-refractivity contribution is 7.86. The molecule has 19 nitrogen and oxygen atoms in total. The number of anilines is 1. The van der Waals surface area contributed by atoms with E-state index < -0.39 is 37.0 Å². The molecule has 0 saturated heterocycles. The predicted octanol–water partition coefficient (Wildman–Crippen LogP) is 5.77. The molecule has 0 bridgehead atoms. The molecule has 21 heteroatoms. The van der Waals surface area contributed by atoms with E-state index in [2.05, 4.69) is 9.48 Å². The van der Waals surface area contributed by atoms with Crippen molar-refractivity contribution in [3.05, 3.63) is 83.6 Å². The fraction of sp³-hybridized carbons (Fsp3) is 0.600. The van der Waals surface area contributed by atoms with Gasteiger partial charge >= 0.3 is 5.97 Å². The maximum Gasteiger partial charge on any atom is 0.303 e. The summed E-state index contributed by atoms with van der Waals surface area (Å²) in [6.45, 7) is 10.9. The molecule has 2 aliphatic heterocycles. The van der Waals surface area contributed by atoms with Crippen LogP contribution in [0, 0.1) is 0 Å². The summed E-state index contributed by atoms with van der Waals surface area (Å²) in [6, 6.07) is 9.16. The van der Waals surface area contributed by atoms with Gasteiger partial charge in [-0.05, 0) is 81.5 Å². The molecular weight excluding hydrogens is 965 g/mol. The standard InChI is InChI=1S/C50H74N2O17S2/c1-49(19-23-64-30-32-68-36-34-66-28-26-62-4)42-38-40(70(55,56)57)15-17-44(42)51(21-11-7-10-14-48(53)54)46(49)12-8-6-9-13-47-50(2,20-24-65-31-33-69-37-35-67-29-27-63-5)43-39-41(71(58,59)60)16-18-45(43)52(47)22-25-61-3/h6,8-9,12-13,15-18,38-39H,7,10-11,14,19-37H2,1-5H3,(H2-,53,54,55,56,57,58,59,60)/p+1. The van der Waals surface area contributed by atoms with Gasteiger partial charge in [0.15, 0.2) is 5.71 Å². The van der Waals surface area contributed by atoms with Gasteiger partial charge in [0, 0.05) is 88.4 Å². The van der Waals surface area contributed by atoms with Crippen LogP contribution in [0.25, 0.3) is 0 Å². The number of benzene rings is 2. The quantitative estimate of drug-likeness (QED) is 0.0313. The van der Waals surface area contributed by atoms with Crippen LogP contribution in [0.1, 0.15) is 63.5 Å². The van der Waals surface area contributed by atoms with Crippen LogP contribution >= 0.6 is 0 Å². The van der Waals surface area contributed by atoms with E-state index in [0.717, 1.165) is 22.8 Å². The number of aliphatic carboxylic acids is 1. The number of allylic oxidation sites excluding steroid dienone is 6. The van der Waals surface area contributed by atoms with E-state index in [4.69, 9.17) is 42.6 Å². The number of carboxylic acid groups (broad SMARTS) is 1. The van der Waals surface area contributed by atoms with Crippen molar-refractivity contribution in [2.75, 3.05) is 138 Å². The molecule has 2 heterocycles. The maximum absolute atomic E-state index is 12.5. The van der Waals surface area contributed by atoms with Crippen LogP contribution in [0.3, 0.4) is 0 Å². The number of methoxy groups -OCH3 is 3. The van der Waals surface area contributed by atoms with Crippen LogP contribution in [0.5, 0.6) is 0 Å². The highest BCUT2D eigenvalue weighted by Crippen LogP contribution is 2.51. The summed E-state index contributed by atoms with van der Waals surface area (Å²) in [7, 11) is -4.25. The second-order valence-electron chi connectivity index (χ2n) is 17.3. The molecule has 0 aliphatic carbocycles. The molecule has 0 aromatic heterocycles. The lowest BCUT2D eigenvalue weighted by atomic mass is 9.76. The Morgan fingerprint density at radius 1 is 0.606 bits per heavy atom. The molecule has 0 saturated carbocycles. The van der Waals surface area contributed by atoms with E-state index in [1.165, 1.54) is 24.3 Å². The van der Waals surface area contributed by atoms with Gasteiger partial charge in [0.1, 0.15) is 6.54 Å². The minimum absolute atomic E-state index is 0.0495. The van der Waals surface area contributed by atoms with Gasteiger partial charge in [0.05, 0.1) is 101 Å². The predicted molar refractivity (Wildman–Crippen MR) is 267 cm³/mol. The first kappa shape index (κ1) is 59.6. The van der Waals surface area contributed by atoms with Crippen molar-refractivity contribution in [2.24, 2.45) is 0 Å². The smallest absolute Gasteiger partial charge is 0.303 e. The molecule has 0 radical (unpaired) electrons. The lowest BCUT2D eigenvalue weighted by Crippen LogP contribution is -2.33. The Labute approximate surface area is 419 Å². The summed E-state index contributed by atoms with van der Waals surface area (Å²) in [5, 5.41) is 9.25. The molecule has 0 spiro atoms. The molecule has 3 N–H and O–H groups in total. The number of carboxylic acids is 1. The normalized spacial score (nSPS) is 18.7. The summed E-state index contributed by atoms with van der Waals surface area (Å²) in [6.07, 6.45) is 12.3. The van der Waals surface area contributed by atoms with Crippen LogP contribution < -0.4 is 4.90 Å². The molecule has 0 fully saturated rings. The van der Waals surface area contributed by atoms with Crippen LogP contribution in [0.2, 0.25) is 0 Å². The number of fused-ring (bicyclic) bond motifs is 2. The van der Waals surface area contributed by atoms with Crippen molar-refractivity contribution < 1.29 is 83.0 Å². The van der Waals surface area contributed by atoms with Crippen LogP contribution in [-0.2, 0) is 78.5 Å². The van der Waals surface area contributed by atoms with Crippen LogP contribution in [0.15, 0.2) is 82.3 Å². The van der Waals surface area contributed by atoms with E-state index in [-0.39, 0.29) is 16.2 Å². The van der Waals surface area contributed by atoms with Gasteiger partial charge in [-0.2, -0.15) is 21.4 Å². The summed E-state index contributed by atoms with van der Waals surface area (Å²) in [5.41, 5.74) is 3.04. The number of carbonyl (C=O) groups is 1. The van der Waals surface area contributed by atoms with Gasteiger partial charge in [0.25, 0.3) is 20.2 Å². The lowest BCUT2D eigenvalue weighted by molar-refractivity contribution is -0.438. The zero-order valence-corrected chi connectivity index (χ0v) is 43.5. The van der Waals surface area contributed by atoms with Gasteiger partial charge in [-0.25, -0.2) is 0 Å². The zero-order valence-electron chi connectivity index (χ0n) is 41.9. The summed E-state index contributed by atoms with van der Waals surface area (Å²) in [4.78, 5) is 12.9. The first-order chi connectivity index (χ1) is 34.0. The molecule has 2 atom stereocenters. The van der Waals surface area contributed by atoms with Gasteiger partial charge < -0.3 is 52.6 Å². The molecule has 398 valence electrons. The van der Waals surface area contributed by atoms with Crippen molar-refractivity contribution in [3.63, 3.8) is 0 Å². The maximum atomic E-state index is 12.5. The average Bonchev–Trinajstić information content (AvgIpc) is 3.70. The Morgan fingerprint density at radius 2 is 1.10 bits per heavy atom. The fourth-order valence-corrected chi connectivity index (χ4v) is 9.59. The molecule has 2 unspecified atom stereocenters. The van der Waals surface area contributed by atoms with E-state index >= 15 is 0 Å². The van der Waals surface area contributed by atoms with E-state index in [0.29, 0.717) is 155 Å². The minimum Gasteiger partial charge on any atom is -0.481 e. The van der Waals surface area contributed by atoms with Gasteiger partial charge in [0.2, 0.25) is 5.69 Å². The number of nitrogens with zero attached hydrogens (tertiary/aromatic N) is 2. The zero-order chi connectivity index (χ0) is 51.8. The van der Waals surface area contributed by atoms with E-state index in [1.807, 2.05) is 44.2 Å². The Kier molecular flexibility index (Phi) is 25.4. The van der Waals surface area contributed by atoms with E-state index in [9.17, 15) is 35.8 Å². The summed E-state index contributed by atoms with van der Waals surface area (Å²) in [5.74, 6) is -0.864. The summed E-state index contributed by atoms with van der Waals surface area (Å²) < 4.78 is 122. The second-order valence-corrected chi connectivity index (χ2v) is 20.2. The molecule has 0 amide bonds. The highest BCUT2D eigenvalue weighted by atomic mass is 32.2. The van der Waals surface area contributed by atoms with Crippen molar-refractivity contribution >= 4 is 43.3 Å². The van der Waals surface area contributed by atoms with Crippen LogP contribution in [-0.4, -0.2) is 181 Å². The van der Waals surface area contributed by atoms with Gasteiger partial charge in [-0.15, -0.1) is 0 Å². The molecule has 2 aromatic rings. The third-order valence-corrected chi connectivity index (χ3v) is 14.1. The number of unbranched alkanes of at least 4 members (excludes halogenated alkanes) is 2. The Hall–Kier alpha value is -3.94. The number of hydrogen-bond donors (Lipinski definition) is 3. The third kappa shape index (κ3) is 18.2. The third-order valence-electron chi connectivity index (χ3n) is 12.4. The largest absolute Gasteiger partial charge is 0.481 e. The van der Waals surface area contributed by atoms with Crippen molar-refractivity contribution in [1.82, 2.24) is 0 Å². The molecule has 4 rings (SSSR count). The molecule has 71 heavy (non-hydrogen) atoms. The Bertz CT molecular complexity index is 2340. The monoisotopic (exact) mass is 1040 g/mol. The number of ether oxygens (including phenoxy) is 9. The lowest BCUT2D eigenvalue weighted by Gasteiger charge is -2.30. The fourth-order valence-electron chi connectivity index (χ4n) is 8.58. The van der Waals surface area contributed by atoms with Gasteiger partial charge in [-0.1, -0.05) is 18.2 Å². The topological polar surface area (TPSA) is 235 Å². The van der Waals surface area contributed by atoms with E-state index in [1.54, 1.807) is 33.5 Å². The average molecular weight is 1040 g/mol. The van der Waals surface area contributed by atoms with Crippen molar-refractivity contribution in [2.45, 2.75) is 73.0 Å². The number of rotatable bonds is 38. The SMILES string of the molecule is COCCOCCOCCOCCC1(C)C(/C=C/C=C/C=C2/N(CCOC)c3ccc(S(=O)(=O)O)cc3C2(C)CCOCCOCCOCCOC)=[N+](CCCCCC(=O)O)c2ccc(S(=O)(=O)O)cc21. The Morgan fingerprint density at radius 3 is 1.62 bits per heavy atom. The van der Waals surface area contributed by atoms with Crippen molar-refractivity contribution in [3.8, 4) is 0 Å². The second kappa shape index (κ2) is 30.3. The summed E-state index contributed by atoms with van der Waals surface area (Å²) >= 11 is 0. The Balaban J connectivity index is 1.65. The first-order valence-electron chi connectivity index (χ1n) is 23.9.